The summed E-state index contributed by atoms with van der Waals surface area (Å²) in [7, 11) is -4.17. The van der Waals surface area contributed by atoms with E-state index in [1.807, 2.05) is 18.1 Å². The molecule has 2 rings (SSSR count). The van der Waals surface area contributed by atoms with Crippen LogP contribution in [0.1, 0.15) is 51.9 Å². The van der Waals surface area contributed by atoms with Gasteiger partial charge in [-0.3, -0.25) is 0 Å². The fourth-order valence-corrected chi connectivity index (χ4v) is 4.31. The van der Waals surface area contributed by atoms with Gasteiger partial charge in [0.1, 0.15) is 4.91 Å². The lowest BCUT2D eigenvalue weighted by Crippen LogP contribution is -2.49. The van der Waals surface area contributed by atoms with Gasteiger partial charge >= 0.3 is 16.2 Å². The zero-order valence-corrected chi connectivity index (χ0v) is 14.2. The summed E-state index contributed by atoms with van der Waals surface area (Å²) in [5, 5.41) is 1.81. The van der Waals surface area contributed by atoms with E-state index < -0.39 is 22.3 Å². The second kappa shape index (κ2) is 7.83. The van der Waals surface area contributed by atoms with Crippen molar-refractivity contribution in [1.82, 2.24) is 10.4 Å². The monoisotopic (exact) mass is 343 g/mol. The Labute approximate surface area is 137 Å². The molecule has 1 fully saturated rings. The van der Waals surface area contributed by atoms with Crippen molar-refractivity contribution in [1.29, 1.82) is 0 Å². The Morgan fingerprint density at radius 2 is 2.00 bits per heavy atom. The molecule has 0 saturated heterocycles. The summed E-state index contributed by atoms with van der Waals surface area (Å²) in [6.07, 6.45) is 11.1. The third kappa shape index (κ3) is 4.71. The molecule has 1 aliphatic heterocycles. The van der Waals surface area contributed by atoms with E-state index in [4.69, 9.17) is 5.73 Å². The highest BCUT2D eigenvalue weighted by Crippen LogP contribution is 2.26. The highest BCUT2D eigenvalue weighted by Gasteiger charge is 2.33. The van der Waals surface area contributed by atoms with Gasteiger partial charge in [0.25, 0.3) is 0 Å². The van der Waals surface area contributed by atoms with Crippen LogP contribution in [-0.2, 0) is 14.3 Å². The largest absolute Gasteiger partial charge is 0.420 e. The number of hydrogen-bond donors (Lipinski definition) is 2. The number of nitrogens with one attached hydrogen (secondary N) is 1. The molecule has 1 amide bonds. The number of carbonyl (C=O) groups is 1. The average Bonchev–Trinajstić information content (AvgIpc) is 2.74. The Hall–Kier alpha value is -1.54. The van der Waals surface area contributed by atoms with E-state index in [2.05, 4.69) is 9.61 Å². The van der Waals surface area contributed by atoms with Gasteiger partial charge in [-0.05, 0) is 31.4 Å². The Morgan fingerprint density at radius 3 is 2.57 bits per heavy atom. The minimum absolute atomic E-state index is 0.0439. The average molecular weight is 343 g/mol. The molecule has 130 valence electrons. The van der Waals surface area contributed by atoms with E-state index in [1.165, 1.54) is 31.8 Å². The molecule has 7 nitrogen and oxygen atoms in total. The number of amides is 1. The predicted octanol–water partition coefficient (Wildman–Crippen LogP) is 2.13. The third-order valence-corrected chi connectivity index (χ3v) is 5.59. The minimum atomic E-state index is -4.17. The highest BCUT2D eigenvalue weighted by molar-refractivity contribution is 7.91. The van der Waals surface area contributed by atoms with Gasteiger partial charge in [-0.25, -0.2) is 10.2 Å². The van der Waals surface area contributed by atoms with Gasteiger partial charge in [0.2, 0.25) is 0 Å². The highest BCUT2D eigenvalue weighted by atomic mass is 32.2. The Bertz CT molecular complexity index is 578. The van der Waals surface area contributed by atoms with Crippen molar-refractivity contribution in [3.63, 3.8) is 0 Å². The molecule has 0 aromatic heterocycles. The van der Waals surface area contributed by atoms with Crippen molar-refractivity contribution < 1.29 is 17.4 Å². The molecular formula is C15H25N3O4S. The quantitative estimate of drug-likeness (QED) is 0.586. The predicted molar refractivity (Wildman–Crippen MR) is 87.4 cm³/mol. The SMILES string of the molecule is CCC1C(S(=O)(=O)OC(N)=O)=CC=CN1NC1CCCCCC1. The van der Waals surface area contributed by atoms with Crippen LogP contribution in [0.2, 0.25) is 0 Å². The van der Waals surface area contributed by atoms with E-state index in [0.29, 0.717) is 12.5 Å². The number of rotatable bonds is 5. The molecule has 0 bridgehead atoms. The molecule has 1 unspecified atom stereocenters. The number of hydrogen-bond acceptors (Lipinski definition) is 6. The van der Waals surface area contributed by atoms with Gasteiger partial charge in [-0.1, -0.05) is 32.6 Å². The number of nitrogens with two attached hydrogens (primary N) is 1. The smallest absolute Gasteiger partial charge is 0.334 e. The van der Waals surface area contributed by atoms with Crippen LogP contribution in [0.15, 0.2) is 23.3 Å². The first-order valence-corrected chi connectivity index (χ1v) is 9.51. The fraction of sp³-hybridized carbons (Fsp3) is 0.667. The van der Waals surface area contributed by atoms with Crippen molar-refractivity contribution in [2.24, 2.45) is 5.73 Å². The summed E-state index contributed by atoms with van der Waals surface area (Å²) >= 11 is 0. The first kappa shape index (κ1) is 17.8. The lowest BCUT2D eigenvalue weighted by atomic mass is 10.1. The zero-order chi connectivity index (χ0) is 16.9. The van der Waals surface area contributed by atoms with Gasteiger partial charge in [0, 0.05) is 12.2 Å². The molecule has 3 N–H and O–H groups in total. The summed E-state index contributed by atoms with van der Waals surface area (Å²) in [4.78, 5) is 10.9. The standard InChI is InChI=1S/C15H25N3O4S/c1-2-13-14(23(20,21)22-15(16)19)10-7-11-18(13)17-12-8-5-3-4-6-9-12/h7,10-13,17H,2-6,8-9H2,1H3,(H2,16,19). The van der Waals surface area contributed by atoms with Gasteiger partial charge in [0.15, 0.2) is 0 Å². The Kier molecular flexibility index (Phi) is 6.06. The molecule has 1 saturated carbocycles. The minimum Gasteiger partial charge on any atom is -0.334 e. The summed E-state index contributed by atoms with van der Waals surface area (Å²) in [5.41, 5.74) is 8.28. The summed E-state index contributed by atoms with van der Waals surface area (Å²) in [6.45, 7) is 1.89. The van der Waals surface area contributed by atoms with Crippen LogP contribution >= 0.6 is 0 Å². The van der Waals surface area contributed by atoms with Crippen molar-refractivity contribution in [3.05, 3.63) is 23.3 Å². The number of nitrogens with zero attached hydrogens (tertiary/aromatic N) is 1. The molecule has 0 aromatic carbocycles. The van der Waals surface area contributed by atoms with E-state index >= 15 is 0 Å². The summed E-state index contributed by atoms with van der Waals surface area (Å²) in [5.74, 6) is 0. The van der Waals surface area contributed by atoms with Crippen LogP contribution in [0.25, 0.3) is 0 Å². The molecule has 2 aliphatic rings. The molecule has 0 radical (unpaired) electrons. The molecule has 1 heterocycles. The molecule has 8 heteroatoms. The molecule has 23 heavy (non-hydrogen) atoms. The van der Waals surface area contributed by atoms with Crippen molar-refractivity contribution in [2.45, 2.75) is 64.0 Å². The van der Waals surface area contributed by atoms with Crippen LogP contribution in [0.3, 0.4) is 0 Å². The third-order valence-electron chi connectivity index (χ3n) is 4.23. The van der Waals surface area contributed by atoms with Gasteiger partial charge in [-0.15, -0.1) is 0 Å². The van der Waals surface area contributed by atoms with Crippen LogP contribution in [0, 0.1) is 0 Å². The summed E-state index contributed by atoms with van der Waals surface area (Å²) < 4.78 is 28.7. The van der Waals surface area contributed by atoms with Gasteiger partial charge < -0.3 is 14.9 Å². The number of allylic oxidation sites excluding steroid dienone is 2. The van der Waals surface area contributed by atoms with Crippen molar-refractivity contribution in [2.75, 3.05) is 0 Å². The second-order valence-corrected chi connectivity index (χ2v) is 7.46. The summed E-state index contributed by atoms with van der Waals surface area (Å²) in [6, 6.07) is -0.0945. The number of hydrazine groups is 1. The fourth-order valence-electron chi connectivity index (χ4n) is 3.14. The zero-order valence-electron chi connectivity index (χ0n) is 13.4. The maximum atomic E-state index is 12.2. The van der Waals surface area contributed by atoms with Gasteiger partial charge in [-0.2, -0.15) is 8.42 Å². The first-order chi connectivity index (χ1) is 10.9. The normalized spacial score (nSPS) is 23.3. The van der Waals surface area contributed by atoms with Gasteiger partial charge in [0.05, 0.1) is 6.04 Å². The van der Waals surface area contributed by atoms with Crippen LogP contribution in [0.5, 0.6) is 0 Å². The van der Waals surface area contributed by atoms with Crippen LogP contribution in [-0.4, -0.2) is 31.6 Å². The second-order valence-electron chi connectivity index (χ2n) is 5.92. The van der Waals surface area contributed by atoms with Crippen molar-refractivity contribution in [3.8, 4) is 0 Å². The number of primary amides is 1. The molecule has 1 atom stereocenters. The van der Waals surface area contributed by atoms with E-state index in [0.717, 1.165) is 12.8 Å². The number of carbonyl (C=O) groups excluding carboxylic acids is 1. The molecular weight excluding hydrogens is 318 g/mol. The Balaban J connectivity index is 2.12. The molecule has 0 aromatic rings. The lowest BCUT2D eigenvalue weighted by Gasteiger charge is -2.36. The van der Waals surface area contributed by atoms with Crippen LogP contribution in [0.4, 0.5) is 4.79 Å². The molecule has 1 aliphatic carbocycles. The van der Waals surface area contributed by atoms with E-state index in [1.54, 1.807) is 6.08 Å². The van der Waals surface area contributed by atoms with E-state index in [-0.39, 0.29) is 4.91 Å². The van der Waals surface area contributed by atoms with E-state index in [9.17, 15) is 13.2 Å². The first-order valence-electron chi connectivity index (χ1n) is 8.11. The maximum absolute atomic E-state index is 12.2. The lowest BCUT2D eigenvalue weighted by molar-refractivity contribution is 0.171. The Morgan fingerprint density at radius 1 is 1.35 bits per heavy atom. The maximum Gasteiger partial charge on any atom is 0.420 e. The van der Waals surface area contributed by atoms with Crippen molar-refractivity contribution >= 4 is 16.2 Å². The van der Waals surface area contributed by atoms with Crippen LogP contribution < -0.4 is 11.2 Å². The topological polar surface area (TPSA) is 102 Å². The molecule has 0 spiro atoms.